The Morgan fingerprint density at radius 1 is 1.04 bits per heavy atom. The van der Waals surface area contributed by atoms with Gasteiger partial charge in [-0.3, -0.25) is 4.79 Å². The number of benzene rings is 2. The number of nitrogens with zero attached hydrogens (tertiary/aromatic N) is 1. The third-order valence-corrected chi connectivity index (χ3v) is 4.94. The summed E-state index contributed by atoms with van der Waals surface area (Å²) in [6.45, 7) is 3.09. The summed E-state index contributed by atoms with van der Waals surface area (Å²) in [5.41, 5.74) is 4.37. The Bertz CT molecular complexity index is 738. The highest BCUT2D eigenvalue weighted by Crippen LogP contribution is 2.31. The first-order chi connectivity index (χ1) is 11.8. The number of morpholine rings is 1. The normalized spacial score (nSPS) is 19.8. The third kappa shape index (κ3) is 2.89. The SMILES string of the molecule is O=C(NC1CCc2ccccc21)c1ccccc1N1CCOCC1. The van der Waals surface area contributed by atoms with Gasteiger partial charge in [0.2, 0.25) is 0 Å². The van der Waals surface area contributed by atoms with Crippen molar-refractivity contribution in [3.8, 4) is 0 Å². The Labute approximate surface area is 142 Å². The van der Waals surface area contributed by atoms with Crippen LogP contribution >= 0.6 is 0 Å². The van der Waals surface area contributed by atoms with Crippen LogP contribution in [0.3, 0.4) is 0 Å². The van der Waals surface area contributed by atoms with Crippen molar-refractivity contribution in [3.05, 3.63) is 65.2 Å². The highest BCUT2D eigenvalue weighted by atomic mass is 16.5. The molecule has 0 aromatic heterocycles. The summed E-state index contributed by atoms with van der Waals surface area (Å²) in [6.07, 6.45) is 2.01. The molecule has 24 heavy (non-hydrogen) atoms. The van der Waals surface area contributed by atoms with Gasteiger partial charge >= 0.3 is 0 Å². The van der Waals surface area contributed by atoms with Gasteiger partial charge in [0.05, 0.1) is 24.8 Å². The minimum absolute atomic E-state index is 0.0128. The molecule has 2 aromatic rings. The fourth-order valence-electron chi connectivity index (χ4n) is 3.69. The van der Waals surface area contributed by atoms with Gasteiger partial charge in [0.1, 0.15) is 0 Å². The summed E-state index contributed by atoms with van der Waals surface area (Å²) < 4.78 is 5.43. The maximum atomic E-state index is 12.9. The molecule has 1 amide bonds. The van der Waals surface area contributed by atoms with Crippen LogP contribution in [-0.4, -0.2) is 32.2 Å². The van der Waals surface area contributed by atoms with Crippen molar-refractivity contribution in [3.63, 3.8) is 0 Å². The minimum atomic E-state index is 0.0128. The molecule has 1 heterocycles. The zero-order chi connectivity index (χ0) is 16.4. The molecule has 1 aliphatic heterocycles. The fraction of sp³-hybridized carbons (Fsp3) is 0.350. The summed E-state index contributed by atoms with van der Waals surface area (Å²) in [4.78, 5) is 15.1. The molecular formula is C20H22N2O2. The van der Waals surface area contributed by atoms with E-state index in [1.807, 2.05) is 30.3 Å². The Hall–Kier alpha value is -2.33. The molecule has 4 rings (SSSR count). The number of nitrogens with one attached hydrogen (secondary N) is 1. The molecule has 0 spiro atoms. The summed E-state index contributed by atoms with van der Waals surface area (Å²) in [6, 6.07) is 16.4. The largest absolute Gasteiger partial charge is 0.378 e. The Kier molecular flexibility index (Phi) is 4.22. The maximum absolute atomic E-state index is 12.9. The number of anilines is 1. The second-order valence-electron chi connectivity index (χ2n) is 6.38. The number of carbonyl (C=O) groups is 1. The maximum Gasteiger partial charge on any atom is 0.253 e. The number of carbonyl (C=O) groups excluding carboxylic acids is 1. The summed E-state index contributed by atoms with van der Waals surface area (Å²) >= 11 is 0. The quantitative estimate of drug-likeness (QED) is 0.945. The fourth-order valence-corrected chi connectivity index (χ4v) is 3.69. The molecular weight excluding hydrogens is 300 g/mol. The zero-order valence-electron chi connectivity index (χ0n) is 13.7. The van der Waals surface area contributed by atoms with E-state index >= 15 is 0 Å². The second-order valence-corrected chi connectivity index (χ2v) is 6.38. The number of fused-ring (bicyclic) bond motifs is 1. The van der Waals surface area contributed by atoms with Crippen molar-refractivity contribution in [1.82, 2.24) is 5.32 Å². The van der Waals surface area contributed by atoms with E-state index in [1.165, 1.54) is 11.1 Å². The van der Waals surface area contributed by atoms with Gasteiger partial charge in [-0.2, -0.15) is 0 Å². The van der Waals surface area contributed by atoms with E-state index in [2.05, 4.69) is 28.4 Å². The topological polar surface area (TPSA) is 41.6 Å². The summed E-state index contributed by atoms with van der Waals surface area (Å²) in [5, 5.41) is 3.23. The van der Waals surface area contributed by atoms with Crippen LogP contribution in [-0.2, 0) is 11.2 Å². The Morgan fingerprint density at radius 2 is 1.79 bits per heavy atom. The predicted molar refractivity (Wildman–Crippen MR) is 94.4 cm³/mol. The molecule has 124 valence electrons. The minimum Gasteiger partial charge on any atom is -0.378 e. The molecule has 1 aliphatic carbocycles. The average molecular weight is 322 g/mol. The highest BCUT2D eigenvalue weighted by Gasteiger charge is 2.25. The monoisotopic (exact) mass is 322 g/mol. The Morgan fingerprint density at radius 3 is 2.67 bits per heavy atom. The Balaban J connectivity index is 1.55. The lowest BCUT2D eigenvalue weighted by Crippen LogP contribution is -2.38. The average Bonchev–Trinajstić information content (AvgIpc) is 3.05. The van der Waals surface area contributed by atoms with E-state index in [0.29, 0.717) is 13.2 Å². The highest BCUT2D eigenvalue weighted by molar-refractivity contribution is 6.00. The number of hydrogen-bond donors (Lipinski definition) is 1. The standard InChI is InChI=1S/C20H22N2O2/c23-20(21-18-10-9-15-5-1-2-6-16(15)18)17-7-3-4-8-19(17)22-11-13-24-14-12-22/h1-8,18H,9-14H2,(H,21,23). The van der Waals surface area contributed by atoms with Crippen molar-refractivity contribution in [2.75, 3.05) is 31.2 Å². The van der Waals surface area contributed by atoms with Crippen LogP contribution in [0.15, 0.2) is 48.5 Å². The van der Waals surface area contributed by atoms with Crippen LogP contribution in [0.1, 0.15) is 33.9 Å². The molecule has 0 bridgehead atoms. The van der Waals surface area contributed by atoms with E-state index in [9.17, 15) is 4.79 Å². The molecule has 1 fully saturated rings. The number of rotatable bonds is 3. The number of aryl methyl sites for hydroxylation is 1. The van der Waals surface area contributed by atoms with E-state index in [4.69, 9.17) is 4.74 Å². The van der Waals surface area contributed by atoms with Gasteiger partial charge in [-0.1, -0.05) is 36.4 Å². The van der Waals surface area contributed by atoms with E-state index in [1.54, 1.807) is 0 Å². The summed E-state index contributed by atoms with van der Waals surface area (Å²) in [7, 11) is 0. The zero-order valence-corrected chi connectivity index (χ0v) is 13.7. The van der Waals surface area contributed by atoms with E-state index in [-0.39, 0.29) is 11.9 Å². The van der Waals surface area contributed by atoms with Gasteiger partial charge < -0.3 is 15.0 Å². The number of hydrogen-bond acceptors (Lipinski definition) is 3. The molecule has 0 radical (unpaired) electrons. The van der Waals surface area contributed by atoms with Crippen molar-refractivity contribution in [1.29, 1.82) is 0 Å². The smallest absolute Gasteiger partial charge is 0.253 e. The predicted octanol–water partition coefficient (Wildman–Crippen LogP) is 2.94. The molecule has 1 N–H and O–H groups in total. The summed E-state index contributed by atoms with van der Waals surface area (Å²) in [5.74, 6) is 0.0128. The van der Waals surface area contributed by atoms with Gasteiger partial charge in [0.15, 0.2) is 0 Å². The van der Waals surface area contributed by atoms with Crippen LogP contribution in [0.5, 0.6) is 0 Å². The lowest BCUT2D eigenvalue weighted by Gasteiger charge is -2.30. The molecule has 1 saturated heterocycles. The van der Waals surface area contributed by atoms with Gasteiger partial charge in [-0.05, 0) is 36.1 Å². The van der Waals surface area contributed by atoms with Gasteiger partial charge in [-0.25, -0.2) is 0 Å². The van der Waals surface area contributed by atoms with E-state index in [0.717, 1.165) is 37.2 Å². The lowest BCUT2D eigenvalue weighted by atomic mass is 10.1. The van der Waals surface area contributed by atoms with Crippen molar-refractivity contribution in [2.45, 2.75) is 18.9 Å². The molecule has 2 aliphatic rings. The molecule has 0 saturated carbocycles. The third-order valence-electron chi connectivity index (χ3n) is 4.94. The van der Waals surface area contributed by atoms with Gasteiger partial charge in [0, 0.05) is 18.8 Å². The van der Waals surface area contributed by atoms with E-state index < -0.39 is 0 Å². The molecule has 1 unspecified atom stereocenters. The van der Waals surface area contributed by atoms with Crippen molar-refractivity contribution in [2.24, 2.45) is 0 Å². The first-order valence-corrected chi connectivity index (χ1v) is 8.63. The van der Waals surface area contributed by atoms with Gasteiger partial charge in [0.25, 0.3) is 5.91 Å². The van der Waals surface area contributed by atoms with Crippen LogP contribution < -0.4 is 10.2 Å². The van der Waals surface area contributed by atoms with Crippen LogP contribution in [0.4, 0.5) is 5.69 Å². The lowest BCUT2D eigenvalue weighted by molar-refractivity contribution is 0.0935. The van der Waals surface area contributed by atoms with Crippen LogP contribution in [0.25, 0.3) is 0 Å². The van der Waals surface area contributed by atoms with Crippen LogP contribution in [0, 0.1) is 0 Å². The first-order valence-electron chi connectivity index (χ1n) is 8.63. The van der Waals surface area contributed by atoms with Crippen molar-refractivity contribution >= 4 is 11.6 Å². The molecule has 4 heteroatoms. The number of amides is 1. The molecule has 2 aromatic carbocycles. The number of ether oxygens (including phenoxy) is 1. The van der Waals surface area contributed by atoms with Crippen molar-refractivity contribution < 1.29 is 9.53 Å². The van der Waals surface area contributed by atoms with Crippen LogP contribution in [0.2, 0.25) is 0 Å². The van der Waals surface area contributed by atoms with Gasteiger partial charge in [-0.15, -0.1) is 0 Å². The first kappa shape index (κ1) is 15.2. The molecule has 1 atom stereocenters. The second kappa shape index (κ2) is 6.65. The molecule has 4 nitrogen and oxygen atoms in total. The number of para-hydroxylation sites is 1.